The van der Waals surface area contributed by atoms with Crippen LogP contribution in [0.4, 0.5) is 0 Å². The van der Waals surface area contributed by atoms with Gasteiger partial charge in [-0.1, -0.05) is 0 Å². The van der Waals surface area contributed by atoms with Crippen LogP contribution in [0.1, 0.15) is 16.2 Å². The summed E-state index contributed by atoms with van der Waals surface area (Å²) in [6.45, 7) is 0. The highest BCUT2D eigenvalue weighted by atomic mass is 16.1. The summed E-state index contributed by atoms with van der Waals surface area (Å²) in [6.07, 6.45) is 3.99. The zero-order valence-corrected chi connectivity index (χ0v) is 7.08. The van der Waals surface area contributed by atoms with Crippen LogP contribution in [0.5, 0.6) is 0 Å². The minimum absolute atomic E-state index is 0.104. The lowest BCUT2D eigenvalue weighted by Gasteiger charge is -1.94. The number of carbonyl (C=O) groups excluding carboxylic acids is 1. The Bertz CT molecular complexity index is 373. The summed E-state index contributed by atoms with van der Waals surface area (Å²) in [5.74, 6) is 0.104. The Morgan fingerprint density at radius 2 is 1.92 bits per heavy atom. The highest BCUT2D eigenvalue weighted by Crippen LogP contribution is 2.03. The van der Waals surface area contributed by atoms with Crippen molar-refractivity contribution in [1.82, 2.24) is 9.97 Å². The van der Waals surface area contributed by atoms with Crippen molar-refractivity contribution in [2.24, 2.45) is 0 Å². The van der Waals surface area contributed by atoms with Gasteiger partial charge in [0.15, 0.2) is 5.78 Å². The maximum Gasteiger partial charge on any atom is 0.184 e. The number of hydrogen-bond acceptors (Lipinski definition) is 1. The first-order valence-corrected chi connectivity index (χ1v) is 4.15. The fourth-order valence-corrected chi connectivity index (χ4v) is 1.25. The molecule has 0 fully saturated rings. The van der Waals surface area contributed by atoms with Crippen molar-refractivity contribution in [3.8, 4) is 0 Å². The number of aromatic amines is 2. The third-order valence-electron chi connectivity index (χ3n) is 1.91. The third-order valence-corrected chi connectivity index (χ3v) is 1.91. The molecule has 0 aromatic carbocycles. The molecule has 66 valence electrons. The summed E-state index contributed by atoms with van der Waals surface area (Å²) in [4.78, 5) is 17.4. The number of hydrogen-bond donors (Lipinski definition) is 2. The van der Waals surface area contributed by atoms with Gasteiger partial charge in [-0.25, -0.2) is 0 Å². The van der Waals surface area contributed by atoms with Gasteiger partial charge in [0.25, 0.3) is 0 Å². The van der Waals surface area contributed by atoms with Gasteiger partial charge in [0.1, 0.15) is 0 Å². The van der Waals surface area contributed by atoms with Crippen LogP contribution in [0.15, 0.2) is 36.7 Å². The van der Waals surface area contributed by atoms with Gasteiger partial charge in [-0.05, 0) is 24.3 Å². The van der Waals surface area contributed by atoms with Crippen LogP contribution in [-0.4, -0.2) is 15.8 Å². The van der Waals surface area contributed by atoms with Gasteiger partial charge in [-0.15, -0.1) is 0 Å². The van der Waals surface area contributed by atoms with Crippen molar-refractivity contribution < 1.29 is 4.79 Å². The van der Waals surface area contributed by atoms with Crippen molar-refractivity contribution in [2.45, 2.75) is 6.42 Å². The van der Waals surface area contributed by atoms with E-state index in [2.05, 4.69) is 9.97 Å². The van der Waals surface area contributed by atoms with Crippen molar-refractivity contribution >= 4 is 5.78 Å². The Balaban J connectivity index is 2.08. The molecule has 0 spiro atoms. The van der Waals surface area contributed by atoms with Crippen molar-refractivity contribution in [3.05, 3.63) is 48.0 Å². The summed E-state index contributed by atoms with van der Waals surface area (Å²) in [6, 6.07) is 7.39. The lowest BCUT2D eigenvalue weighted by atomic mass is 10.2. The number of nitrogens with one attached hydrogen (secondary N) is 2. The maximum absolute atomic E-state index is 11.5. The number of Topliss-reactive ketones (excluding diaryl/α,β-unsaturated/α-hetero) is 1. The van der Waals surface area contributed by atoms with Crippen LogP contribution in [0.2, 0.25) is 0 Å². The van der Waals surface area contributed by atoms with Crippen LogP contribution < -0.4 is 0 Å². The van der Waals surface area contributed by atoms with Crippen LogP contribution in [0, 0.1) is 0 Å². The van der Waals surface area contributed by atoms with E-state index in [1.54, 1.807) is 12.3 Å². The normalized spacial score (nSPS) is 10.2. The molecular weight excluding hydrogens is 164 g/mol. The second-order valence-corrected chi connectivity index (χ2v) is 2.88. The van der Waals surface area contributed by atoms with E-state index >= 15 is 0 Å². The van der Waals surface area contributed by atoms with Crippen LogP contribution in [0.3, 0.4) is 0 Å². The fraction of sp³-hybridized carbons (Fsp3) is 0.100. The summed E-state index contributed by atoms with van der Waals surface area (Å²) in [5.41, 5.74) is 1.61. The molecule has 0 aliphatic carbocycles. The number of rotatable bonds is 3. The molecule has 3 nitrogen and oxygen atoms in total. The predicted octanol–water partition coefficient (Wildman–Crippen LogP) is 1.77. The number of H-pyrrole nitrogens is 2. The van der Waals surface area contributed by atoms with E-state index in [4.69, 9.17) is 0 Å². The first-order valence-electron chi connectivity index (χ1n) is 4.15. The molecule has 2 aromatic heterocycles. The zero-order chi connectivity index (χ0) is 9.10. The molecule has 0 amide bonds. The lowest BCUT2D eigenvalue weighted by Crippen LogP contribution is -2.03. The largest absolute Gasteiger partial charge is 0.365 e. The van der Waals surface area contributed by atoms with Gasteiger partial charge < -0.3 is 9.97 Å². The van der Waals surface area contributed by atoms with E-state index in [9.17, 15) is 4.79 Å². The molecule has 0 radical (unpaired) electrons. The molecule has 13 heavy (non-hydrogen) atoms. The topological polar surface area (TPSA) is 48.6 Å². The van der Waals surface area contributed by atoms with Gasteiger partial charge in [-0.2, -0.15) is 0 Å². The number of aromatic nitrogens is 2. The highest BCUT2D eigenvalue weighted by Gasteiger charge is 2.06. The van der Waals surface area contributed by atoms with Crippen LogP contribution >= 0.6 is 0 Å². The van der Waals surface area contributed by atoms with E-state index in [-0.39, 0.29) is 5.78 Å². The molecule has 0 bridgehead atoms. The Kier molecular flexibility index (Phi) is 2.00. The molecule has 0 saturated carbocycles. The predicted molar refractivity (Wildman–Crippen MR) is 49.6 cm³/mol. The summed E-state index contributed by atoms with van der Waals surface area (Å²) < 4.78 is 0. The Hall–Kier alpha value is -1.77. The molecule has 2 aromatic rings. The quantitative estimate of drug-likeness (QED) is 0.684. The molecule has 0 aliphatic heterocycles. The molecule has 3 heteroatoms. The molecule has 0 saturated heterocycles. The monoisotopic (exact) mass is 174 g/mol. The van der Waals surface area contributed by atoms with Gasteiger partial charge in [0, 0.05) is 18.1 Å². The van der Waals surface area contributed by atoms with E-state index in [1.807, 2.05) is 24.4 Å². The molecule has 2 N–H and O–H groups in total. The fourth-order valence-electron chi connectivity index (χ4n) is 1.25. The smallest absolute Gasteiger partial charge is 0.184 e. The second kappa shape index (κ2) is 3.31. The Labute approximate surface area is 75.8 Å². The van der Waals surface area contributed by atoms with E-state index in [0.29, 0.717) is 12.1 Å². The molecule has 0 atom stereocenters. The minimum Gasteiger partial charge on any atom is -0.365 e. The average Bonchev–Trinajstić information content (AvgIpc) is 2.74. The third kappa shape index (κ3) is 1.69. The SMILES string of the molecule is O=C(Cc1ccc[nH]1)c1ccc[nH]1. The standard InChI is InChI=1S/C10H10N2O/c13-10(9-4-2-6-12-9)7-8-3-1-5-11-8/h1-6,11-12H,7H2. The maximum atomic E-state index is 11.5. The van der Waals surface area contributed by atoms with Gasteiger partial charge in [0.2, 0.25) is 0 Å². The van der Waals surface area contributed by atoms with Gasteiger partial charge in [0.05, 0.1) is 12.1 Å². The average molecular weight is 174 g/mol. The van der Waals surface area contributed by atoms with Gasteiger partial charge in [-0.3, -0.25) is 4.79 Å². The van der Waals surface area contributed by atoms with E-state index in [1.165, 1.54) is 0 Å². The molecular formula is C10H10N2O. The summed E-state index contributed by atoms with van der Waals surface area (Å²) >= 11 is 0. The Morgan fingerprint density at radius 3 is 2.54 bits per heavy atom. The number of carbonyl (C=O) groups is 1. The first-order chi connectivity index (χ1) is 6.36. The van der Waals surface area contributed by atoms with E-state index in [0.717, 1.165) is 5.69 Å². The molecule has 2 heterocycles. The summed E-state index contributed by atoms with van der Waals surface area (Å²) in [5, 5.41) is 0. The first kappa shape index (κ1) is 7.86. The minimum atomic E-state index is 0.104. The highest BCUT2D eigenvalue weighted by molar-refractivity contribution is 5.95. The lowest BCUT2D eigenvalue weighted by molar-refractivity contribution is 0.0988. The molecule has 0 unspecified atom stereocenters. The van der Waals surface area contributed by atoms with E-state index < -0.39 is 0 Å². The van der Waals surface area contributed by atoms with Crippen LogP contribution in [0.25, 0.3) is 0 Å². The van der Waals surface area contributed by atoms with Crippen molar-refractivity contribution in [1.29, 1.82) is 0 Å². The summed E-state index contributed by atoms with van der Waals surface area (Å²) in [7, 11) is 0. The van der Waals surface area contributed by atoms with Gasteiger partial charge >= 0.3 is 0 Å². The molecule has 2 rings (SSSR count). The molecule has 0 aliphatic rings. The second-order valence-electron chi connectivity index (χ2n) is 2.88. The van der Waals surface area contributed by atoms with Crippen molar-refractivity contribution in [3.63, 3.8) is 0 Å². The number of ketones is 1. The van der Waals surface area contributed by atoms with Crippen LogP contribution in [-0.2, 0) is 6.42 Å². The Morgan fingerprint density at radius 1 is 1.15 bits per heavy atom. The van der Waals surface area contributed by atoms with Crippen molar-refractivity contribution in [2.75, 3.05) is 0 Å². The zero-order valence-electron chi connectivity index (χ0n) is 7.08.